The topological polar surface area (TPSA) is 92.3 Å². The van der Waals surface area contributed by atoms with Crippen LogP contribution in [0.2, 0.25) is 0 Å². The Hall–Kier alpha value is -1.47. The number of methoxy groups -OCH3 is 2. The van der Waals surface area contributed by atoms with Crippen LogP contribution < -0.4 is 5.73 Å². The Morgan fingerprint density at radius 3 is 2.63 bits per heavy atom. The first-order valence-electron chi connectivity index (χ1n) is 6.29. The Morgan fingerprint density at radius 1 is 1.37 bits per heavy atom. The fourth-order valence-electron chi connectivity index (χ4n) is 1.87. The van der Waals surface area contributed by atoms with Crippen LogP contribution in [0.4, 0.5) is 0 Å². The van der Waals surface area contributed by atoms with Crippen molar-refractivity contribution in [3.05, 3.63) is 11.4 Å². The van der Waals surface area contributed by atoms with Gasteiger partial charge in [0.1, 0.15) is 0 Å². The number of carbonyl (C=O) groups is 1. The molecule has 1 heterocycles. The van der Waals surface area contributed by atoms with Crippen molar-refractivity contribution in [2.24, 2.45) is 5.73 Å². The molecule has 1 amide bonds. The van der Waals surface area contributed by atoms with Gasteiger partial charge >= 0.3 is 0 Å². The highest BCUT2D eigenvalue weighted by molar-refractivity contribution is 5.76. The molecule has 2 N–H and O–H groups in total. The SMILES string of the molecule is COCCc1c(CC(N)=O)nnn1C(C)CCOC. The van der Waals surface area contributed by atoms with Crippen LogP contribution in [-0.4, -0.2) is 48.3 Å². The number of amides is 1. The van der Waals surface area contributed by atoms with Gasteiger partial charge in [-0.05, 0) is 13.3 Å². The zero-order valence-corrected chi connectivity index (χ0v) is 11.8. The molecule has 0 bridgehead atoms. The van der Waals surface area contributed by atoms with Gasteiger partial charge in [-0.15, -0.1) is 5.10 Å². The second kappa shape index (κ2) is 7.85. The standard InChI is InChI=1S/C12H22N4O3/c1-9(4-6-18-2)16-11(5-7-19-3)10(14-15-16)8-12(13)17/h9H,4-8H2,1-3H3,(H2,13,17). The van der Waals surface area contributed by atoms with Gasteiger partial charge in [0.15, 0.2) is 0 Å². The summed E-state index contributed by atoms with van der Waals surface area (Å²) in [7, 11) is 3.30. The summed E-state index contributed by atoms with van der Waals surface area (Å²) in [5.41, 5.74) is 6.76. The molecular weight excluding hydrogens is 248 g/mol. The summed E-state index contributed by atoms with van der Waals surface area (Å²) in [6, 6.07) is 0.154. The number of hydrogen-bond donors (Lipinski definition) is 1. The van der Waals surface area contributed by atoms with E-state index in [-0.39, 0.29) is 12.5 Å². The van der Waals surface area contributed by atoms with Crippen LogP contribution in [-0.2, 0) is 27.1 Å². The lowest BCUT2D eigenvalue weighted by molar-refractivity contribution is -0.117. The summed E-state index contributed by atoms with van der Waals surface area (Å²) < 4.78 is 12.0. The summed E-state index contributed by atoms with van der Waals surface area (Å²) in [6.07, 6.45) is 1.59. The number of nitrogens with zero attached hydrogens (tertiary/aromatic N) is 3. The molecule has 7 nitrogen and oxygen atoms in total. The molecule has 19 heavy (non-hydrogen) atoms. The van der Waals surface area contributed by atoms with Crippen molar-refractivity contribution in [3.63, 3.8) is 0 Å². The van der Waals surface area contributed by atoms with Crippen LogP contribution in [0.25, 0.3) is 0 Å². The third kappa shape index (κ3) is 4.60. The molecule has 0 spiro atoms. The zero-order chi connectivity index (χ0) is 14.3. The van der Waals surface area contributed by atoms with E-state index in [9.17, 15) is 4.79 Å². The van der Waals surface area contributed by atoms with E-state index in [4.69, 9.17) is 15.2 Å². The Kier molecular flexibility index (Phi) is 6.44. The maximum atomic E-state index is 11.0. The maximum absolute atomic E-state index is 11.0. The van der Waals surface area contributed by atoms with E-state index in [0.29, 0.717) is 25.3 Å². The van der Waals surface area contributed by atoms with Gasteiger partial charge < -0.3 is 15.2 Å². The van der Waals surface area contributed by atoms with Crippen LogP contribution in [0.1, 0.15) is 30.8 Å². The molecule has 0 aliphatic carbocycles. The molecule has 108 valence electrons. The third-order valence-corrected chi connectivity index (χ3v) is 2.91. The lowest BCUT2D eigenvalue weighted by Crippen LogP contribution is -2.18. The van der Waals surface area contributed by atoms with Crippen molar-refractivity contribution in [1.29, 1.82) is 0 Å². The predicted octanol–water partition coefficient (Wildman–Crippen LogP) is 0.0923. The van der Waals surface area contributed by atoms with Gasteiger partial charge in [0.05, 0.1) is 30.5 Å². The summed E-state index contributed by atoms with van der Waals surface area (Å²) in [6.45, 7) is 3.24. The summed E-state index contributed by atoms with van der Waals surface area (Å²) in [5, 5.41) is 8.18. The zero-order valence-electron chi connectivity index (χ0n) is 11.8. The van der Waals surface area contributed by atoms with Crippen molar-refractivity contribution >= 4 is 5.91 Å². The average molecular weight is 270 g/mol. The summed E-state index contributed by atoms with van der Waals surface area (Å²) in [4.78, 5) is 11.0. The Morgan fingerprint density at radius 2 is 2.05 bits per heavy atom. The number of carbonyl (C=O) groups excluding carboxylic acids is 1. The average Bonchev–Trinajstić information content (AvgIpc) is 2.75. The largest absolute Gasteiger partial charge is 0.385 e. The predicted molar refractivity (Wildman–Crippen MR) is 69.7 cm³/mol. The van der Waals surface area contributed by atoms with Crippen LogP contribution in [0.3, 0.4) is 0 Å². The minimum atomic E-state index is -0.407. The normalized spacial score (nSPS) is 12.6. The van der Waals surface area contributed by atoms with Crippen LogP contribution in [0.15, 0.2) is 0 Å². The fraction of sp³-hybridized carbons (Fsp3) is 0.750. The third-order valence-electron chi connectivity index (χ3n) is 2.91. The summed E-state index contributed by atoms with van der Waals surface area (Å²) >= 11 is 0. The van der Waals surface area contributed by atoms with Gasteiger partial charge in [0.25, 0.3) is 0 Å². The molecule has 1 atom stereocenters. The van der Waals surface area contributed by atoms with Crippen molar-refractivity contribution in [1.82, 2.24) is 15.0 Å². The molecule has 0 aliphatic rings. The maximum Gasteiger partial charge on any atom is 0.223 e. The molecule has 0 aliphatic heterocycles. The molecule has 0 radical (unpaired) electrons. The highest BCUT2D eigenvalue weighted by Gasteiger charge is 2.18. The molecule has 1 aromatic heterocycles. The van der Waals surface area contributed by atoms with Gasteiger partial charge in [0, 0.05) is 27.2 Å². The molecule has 0 aromatic carbocycles. The monoisotopic (exact) mass is 270 g/mol. The second-order valence-electron chi connectivity index (χ2n) is 4.44. The van der Waals surface area contributed by atoms with Crippen LogP contribution in [0.5, 0.6) is 0 Å². The van der Waals surface area contributed by atoms with E-state index in [2.05, 4.69) is 10.3 Å². The highest BCUT2D eigenvalue weighted by Crippen LogP contribution is 2.16. The Bertz CT molecular complexity index is 406. The first-order valence-corrected chi connectivity index (χ1v) is 6.29. The lowest BCUT2D eigenvalue weighted by atomic mass is 10.1. The van der Waals surface area contributed by atoms with E-state index < -0.39 is 5.91 Å². The first kappa shape index (κ1) is 15.6. The molecule has 1 aromatic rings. The Balaban J connectivity index is 2.88. The quantitative estimate of drug-likeness (QED) is 0.686. The number of nitrogens with two attached hydrogens (primary N) is 1. The van der Waals surface area contributed by atoms with E-state index in [1.165, 1.54) is 0 Å². The minimum Gasteiger partial charge on any atom is -0.385 e. The van der Waals surface area contributed by atoms with Crippen molar-refractivity contribution in [2.75, 3.05) is 27.4 Å². The number of aromatic nitrogens is 3. The van der Waals surface area contributed by atoms with Gasteiger partial charge in [-0.3, -0.25) is 4.79 Å². The first-order chi connectivity index (χ1) is 9.10. The van der Waals surface area contributed by atoms with Crippen molar-refractivity contribution in [3.8, 4) is 0 Å². The van der Waals surface area contributed by atoms with Gasteiger partial charge in [-0.2, -0.15) is 0 Å². The molecular formula is C12H22N4O3. The van der Waals surface area contributed by atoms with Crippen LogP contribution in [0, 0.1) is 0 Å². The highest BCUT2D eigenvalue weighted by atomic mass is 16.5. The Labute approximate surface area is 113 Å². The second-order valence-corrected chi connectivity index (χ2v) is 4.44. The van der Waals surface area contributed by atoms with Crippen molar-refractivity contribution < 1.29 is 14.3 Å². The minimum absolute atomic E-state index is 0.107. The molecule has 7 heteroatoms. The smallest absolute Gasteiger partial charge is 0.223 e. The van der Waals surface area contributed by atoms with Gasteiger partial charge in [0.2, 0.25) is 5.91 Å². The van der Waals surface area contributed by atoms with E-state index in [1.54, 1.807) is 14.2 Å². The molecule has 0 saturated heterocycles. The lowest BCUT2D eigenvalue weighted by Gasteiger charge is -2.14. The number of primary amides is 1. The van der Waals surface area contributed by atoms with E-state index in [1.807, 2.05) is 11.6 Å². The van der Waals surface area contributed by atoms with Gasteiger partial charge in [-0.25, -0.2) is 4.68 Å². The molecule has 0 saturated carbocycles. The van der Waals surface area contributed by atoms with E-state index >= 15 is 0 Å². The molecule has 0 fully saturated rings. The van der Waals surface area contributed by atoms with Crippen LogP contribution >= 0.6 is 0 Å². The van der Waals surface area contributed by atoms with Crippen molar-refractivity contribution in [2.45, 2.75) is 32.2 Å². The number of hydrogen-bond acceptors (Lipinski definition) is 5. The number of ether oxygens (including phenoxy) is 2. The van der Waals surface area contributed by atoms with E-state index in [0.717, 1.165) is 12.1 Å². The van der Waals surface area contributed by atoms with Gasteiger partial charge in [-0.1, -0.05) is 5.21 Å². The number of rotatable bonds is 9. The summed E-state index contributed by atoms with van der Waals surface area (Å²) in [5.74, 6) is -0.407. The molecule has 1 unspecified atom stereocenters. The fourth-order valence-corrected chi connectivity index (χ4v) is 1.87. The molecule has 1 rings (SSSR count).